The van der Waals surface area contributed by atoms with Gasteiger partial charge in [-0.3, -0.25) is 4.90 Å². The maximum absolute atomic E-state index is 5.72. The van der Waals surface area contributed by atoms with Gasteiger partial charge in [-0.05, 0) is 32.1 Å². The second-order valence-corrected chi connectivity index (χ2v) is 6.75. The molecule has 1 fully saturated rings. The first-order chi connectivity index (χ1) is 7.71. The van der Waals surface area contributed by atoms with Gasteiger partial charge in [-0.15, -0.1) is 0 Å². The van der Waals surface area contributed by atoms with Crippen LogP contribution in [-0.2, 0) is 4.74 Å². The Bertz CT molecular complexity index is 178. The molecule has 1 rings (SSSR count). The van der Waals surface area contributed by atoms with Crippen molar-refractivity contribution in [2.75, 3.05) is 26.3 Å². The molecule has 1 heterocycles. The van der Waals surface area contributed by atoms with Crippen molar-refractivity contribution in [1.29, 1.82) is 0 Å². The molecule has 0 amide bonds. The SMILES string of the molecule is CC.CC(C)(C)C1COCCN(C(C)(C)C)C1. The van der Waals surface area contributed by atoms with Crippen molar-refractivity contribution >= 4 is 0 Å². The van der Waals surface area contributed by atoms with Crippen LogP contribution >= 0.6 is 0 Å². The maximum Gasteiger partial charge on any atom is 0.0593 e. The second-order valence-electron chi connectivity index (χ2n) is 6.75. The Kier molecular flexibility index (Phi) is 6.71. The first-order valence-corrected chi connectivity index (χ1v) is 7.04. The third-order valence-electron chi connectivity index (χ3n) is 3.44. The Morgan fingerprint density at radius 2 is 1.53 bits per heavy atom. The van der Waals surface area contributed by atoms with E-state index in [-0.39, 0.29) is 5.54 Å². The summed E-state index contributed by atoms with van der Waals surface area (Å²) in [4.78, 5) is 2.55. The second kappa shape index (κ2) is 6.75. The summed E-state index contributed by atoms with van der Waals surface area (Å²) < 4.78 is 5.72. The van der Waals surface area contributed by atoms with Gasteiger partial charge in [0.25, 0.3) is 0 Å². The van der Waals surface area contributed by atoms with Crippen LogP contribution in [0.4, 0.5) is 0 Å². The van der Waals surface area contributed by atoms with E-state index in [0.717, 1.165) is 26.3 Å². The first-order valence-electron chi connectivity index (χ1n) is 7.04. The molecule has 1 aliphatic heterocycles. The van der Waals surface area contributed by atoms with Crippen molar-refractivity contribution in [3.63, 3.8) is 0 Å². The van der Waals surface area contributed by atoms with E-state index in [1.165, 1.54) is 0 Å². The number of ether oxygens (including phenoxy) is 1. The molecule has 0 N–H and O–H groups in total. The highest BCUT2D eigenvalue weighted by atomic mass is 16.5. The Labute approximate surface area is 109 Å². The summed E-state index contributed by atoms with van der Waals surface area (Å²) in [6.07, 6.45) is 0. The van der Waals surface area contributed by atoms with Crippen molar-refractivity contribution < 1.29 is 4.74 Å². The molecular formula is C15H33NO. The number of rotatable bonds is 0. The third-order valence-corrected chi connectivity index (χ3v) is 3.44. The van der Waals surface area contributed by atoms with Gasteiger partial charge in [0.05, 0.1) is 13.2 Å². The van der Waals surface area contributed by atoms with E-state index < -0.39 is 0 Å². The molecule has 2 heteroatoms. The van der Waals surface area contributed by atoms with Crippen molar-refractivity contribution in [3.05, 3.63) is 0 Å². The summed E-state index contributed by atoms with van der Waals surface area (Å²) in [7, 11) is 0. The third kappa shape index (κ3) is 5.87. The van der Waals surface area contributed by atoms with Crippen molar-refractivity contribution in [3.8, 4) is 0 Å². The number of hydrogen-bond acceptors (Lipinski definition) is 2. The van der Waals surface area contributed by atoms with Crippen molar-refractivity contribution in [1.82, 2.24) is 4.90 Å². The first kappa shape index (κ1) is 16.9. The molecule has 0 spiro atoms. The van der Waals surface area contributed by atoms with E-state index in [9.17, 15) is 0 Å². The van der Waals surface area contributed by atoms with Crippen molar-refractivity contribution in [2.45, 2.75) is 60.9 Å². The molecule has 0 bridgehead atoms. The number of hydrogen-bond donors (Lipinski definition) is 0. The molecule has 0 aromatic rings. The topological polar surface area (TPSA) is 12.5 Å². The van der Waals surface area contributed by atoms with Crippen molar-refractivity contribution in [2.24, 2.45) is 11.3 Å². The van der Waals surface area contributed by atoms with Gasteiger partial charge in [-0.25, -0.2) is 0 Å². The van der Waals surface area contributed by atoms with Gasteiger partial charge in [-0.1, -0.05) is 34.6 Å². The lowest BCUT2D eigenvalue weighted by molar-refractivity contribution is 0.0741. The van der Waals surface area contributed by atoms with Gasteiger partial charge < -0.3 is 4.74 Å². The van der Waals surface area contributed by atoms with Crippen LogP contribution < -0.4 is 0 Å². The summed E-state index contributed by atoms with van der Waals surface area (Å²) in [6, 6.07) is 0. The van der Waals surface area contributed by atoms with Crippen LogP contribution in [0.3, 0.4) is 0 Å². The Morgan fingerprint density at radius 3 is 1.94 bits per heavy atom. The van der Waals surface area contributed by atoms with Crippen LogP contribution in [-0.4, -0.2) is 36.7 Å². The predicted octanol–water partition coefficient (Wildman–Crippen LogP) is 3.81. The largest absolute Gasteiger partial charge is 0.380 e. The summed E-state index contributed by atoms with van der Waals surface area (Å²) in [5, 5.41) is 0. The standard InChI is InChI=1S/C13H27NO.C2H6/c1-12(2,3)11-9-14(13(4,5)6)7-8-15-10-11;1-2/h11H,7-10H2,1-6H3;1-2H3. The fraction of sp³-hybridized carbons (Fsp3) is 1.00. The van der Waals surface area contributed by atoms with Gasteiger partial charge in [0, 0.05) is 18.6 Å². The lowest BCUT2D eigenvalue weighted by Gasteiger charge is -2.39. The van der Waals surface area contributed by atoms with E-state index in [1.54, 1.807) is 0 Å². The molecule has 1 saturated heterocycles. The van der Waals surface area contributed by atoms with E-state index in [4.69, 9.17) is 4.74 Å². The zero-order valence-electron chi connectivity index (χ0n) is 13.3. The molecule has 104 valence electrons. The quantitative estimate of drug-likeness (QED) is 0.641. The van der Waals surface area contributed by atoms with Gasteiger partial charge in [0.2, 0.25) is 0 Å². The molecule has 0 aromatic heterocycles. The molecule has 0 saturated carbocycles. The lowest BCUT2D eigenvalue weighted by atomic mass is 9.80. The normalized spacial score (nSPS) is 23.6. The molecule has 1 unspecified atom stereocenters. The van der Waals surface area contributed by atoms with Crippen LogP contribution in [0.25, 0.3) is 0 Å². The van der Waals surface area contributed by atoms with E-state index in [0.29, 0.717) is 11.3 Å². The van der Waals surface area contributed by atoms with Crippen LogP contribution in [0.2, 0.25) is 0 Å². The minimum Gasteiger partial charge on any atom is -0.380 e. The summed E-state index contributed by atoms with van der Waals surface area (Å²) >= 11 is 0. The lowest BCUT2D eigenvalue weighted by Crippen LogP contribution is -2.46. The average molecular weight is 243 g/mol. The monoisotopic (exact) mass is 243 g/mol. The molecule has 17 heavy (non-hydrogen) atoms. The molecule has 1 atom stereocenters. The Balaban J connectivity index is 0.00000121. The number of nitrogens with zero attached hydrogens (tertiary/aromatic N) is 1. The minimum atomic E-state index is 0.261. The van der Waals surface area contributed by atoms with E-state index >= 15 is 0 Å². The fourth-order valence-electron chi connectivity index (χ4n) is 1.94. The Morgan fingerprint density at radius 1 is 1.00 bits per heavy atom. The maximum atomic E-state index is 5.72. The van der Waals surface area contributed by atoms with Gasteiger partial charge in [0.15, 0.2) is 0 Å². The zero-order valence-corrected chi connectivity index (χ0v) is 13.3. The summed E-state index contributed by atoms with van der Waals surface area (Å²) in [6.45, 7) is 21.8. The summed E-state index contributed by atoms with van der Waals surface area (Å²) in [5.41, 5.74) is 0.602. The smallest absolute Gasteiger partial charge is 0.0593 e. The molecule has 1 aliphatic rings. The average Bonchev–Trinajstić information content (AvgIpc) is 2.43. The highest BCUT2D eigenvalue weighted by Gasteiger charge is 2.32. The summed E-state index contributed by atoms with van der Waals surface area (Å²) in [5.74, 6) is 0.638. The van der Waals surface area contributed by atoms with Gasteiger partial charge in [-0.2, -0.15) is 0 Å². The van der Waals surface area contributed by atoms with Crippen LogP contribution in [0.15, 0.2) is 0 Å². The molecule has 0 aromatic carbocycles. The molecular weight excluding hydrogens is 210 g/mol. The van der Waals surface area contributed by atoms with Gasteiger partial charge >= 0.3 is 0 Å². The highest BCUT2D eigenvalue weighted by molar-refractivity contribution is 4.84. The van der Waals surface area contributed by atoms with Crippen LogP contribution in [0.5, 0.6) is 0 Å². The molecule has 0 aliphatic carbocycles. The van der Waals surface area contributed by atoms with Crippen LogP contribution in [0.1, 0.15) is 55.4 Å². The highest BCUT2D eigenvalue weighted by Crippen LogP contribution is 2.30. The Hall–Kier alpha value is -0.0800. The van der Waals surface area contributed by atoms with Crippen LogP contribution in [0, 0.1) is 11.3 Å². The molecule has 0 radical (unpaired) electrons. The minimum absolute atomic E-state index is 0.261. The fourth-order valence-corrected chi connectivity index (χ4v) is 1.94. The predicted molar refractivity (Wildman–Crippen MR) is 76.4 cm³/mol. The molecule has 2 nitrogen and oxygen atoms in total. The van der Waals surface area contributed by atoms with E-state index in [2.05, 4.69) is 46.4 Å². The van der Waals surface area contributed by atoms with E-state index in [1.807, 2.05) is 13.8 Å². The van der Waals surface area contributed by atoms with Gasteiger partial charge in [0.1, 0.15) is 0 Å². The zero-order chi connectivity index (χ0) is 13.7.